The van der Waals surface area contributed by atoms with Gasteiger partial charge in [-0.25, -0.2) is 4.98 Å². The number of halogens is 1. The van der Waals surface area contributed by atoms with Gasteiger partial charge < -0.3 is 5.11 Å². The molecule has 0 aliphatic rings. The maximum Gasteiger partial charge on any atom is 0.309 e. The zero-order valence-corrected chi connectivity index (χ0v) is 9.79. The predicted octanol–water partition coefficient (Wildman–Crippen LogP) is 2.25. The van der Waals surface area contributed by atoms with Crippen molar-refractivity contribution in [2.75, 3.05) is 0 Å². The van der Waals surface area contributed by atoms with Crippen LogP contribution in [0.15, 0.2) is 29.9 Å². The molecule has 0 saturated carbocycles. The highest BCUT2D eigenvalue weighted by Gasteiger charge is 2.07. The van der Waals surface area contributed by atoms with Crippen molar-refractivity contribution in [3.63, 3.8) is 0 Å². The Bertz CT molecular complexity index is 473. The van der Waals surface area contributed by atoms with Gasteiger partial charge in [-0.15, -0.1) is 23.7 Å². The number of thiazole rings is 1. The third kappa shape index (κ3) is 3.01. The summed E-state index contributed by atoms with van der Waals surface area (Å²) in [7, 11) is 0. The Balaban J connectivity index is 0.00000128. The first kappa shape index (κ1) is 12.6. The highest BCUT2D eigenvalue weighted by Crippen LogP contribution is 2.22. The van der Waals surface area contributed by atoms with Crippen molar-refractivity contribution in [2.24, 2.45) is 0 Å². The summed E-state index contributed by atoms with van der Waals surface area (Å²) in [4.78, 5) is 18.6. The minimum absolute atomic E-state index is 0. The molecule has 0 aliphatic carbocycles. The van der Waals surface area contributed by atoms with E-state index in [1.165, 1.54) is 11.3 Å². The van der Waals surface area contributed by atoms with Crippen LogP contribution in [0.2, 0.25) is 0 Å². The molecule has 0 bridgehead atoms. The van der Waals surface area contributed by atoms with Gasteiger partial charge in [0.15, 0.2) is 0 Å². The van der Waals surface area contributed by atoms with E-state index >= 15 is 0 Å². The predicted molar refractivity (Wildman–Crippen MR) is 63.9 cm³/mol. The lowest BCUT2D eigenvalue weighted by Crippen LogP contribution is -1.99. The second-order valence-electron chi connectivity index (χ2n) is 2.95. The summed E-state index contributed by atoms with van der Waals surface area (Å²) in [6.45, 7) is 0. The normalized spacial score (nSPS) is 9.50. The number of hydrogen-bond donors (Lipinski definition) is 1. The number of carbonyl (C=O) groups is 1. The Labute approximate surface area is 102 Å². The van der Waals surface area contributed by atoms with E-state index in [0.29, 0.717) is 5.69 Å². The largest absolute Gasteiger partial charge is 0.481 e. The molecule has 2 aromatic rings. The third-order valence-corrected chi connectivity index (χ3v) is 2.75. The first-order valence-electron chi connectivity index (χ1n) is 4.32. The van der Waals surface area contributed by atoms with Gasteiger partial charge in [-0.1, -0.05) is 0 Å². The fourth-order valence-corrected chi connectivity index (χ4v) is 2.00. The molecule has 2 aromatic heterocycles. The van der Waals surface area contributed by atoms with Gasteiger partial charge in [0.2, 0.25) is 0 Å². The maximum absolute atomic E-state index is 10.5. The molecule has 6 heteroatoms. The lowest BCUT2D eigenvalue weighted by molar-refractivity contribution is -0.136. The monoisotopic (exact) mass is 256 g/mol. The van der Waals surface area contributed by atoms with Gasteiger partial charge in [-0.2, -0.15) is 0 Å². The molecule has 0 aromatic carbocycles. The summed E-state index contributed by atoms with van der Waals surface area (Å²) < 4.78 is 0. The van der Waals surface area contributed by atoms with E-state index in [4.69, 9.17) is 5.11 Å². The molecule has 16 heavy (non-hydrogen) atoms. The van der Waals surface area contributed by atoms with Gasteiger partial charge in [0.05, 0.1) is 12.1 Å². The van der Waals surface area contributed by atoms with Crippen LogP contribution in [0.5, 0.6) is 0 Å². The summed E-state index contributed by atoms with van der Waals surface area (Å²) in [5.41, 5.74) is 1.56. The molecule has 0 fully saturated rings. The summed E-state index contributed by atoms with van der Waals surface area (Å²) in [5.74, 6) is -0.860. The highest BCUT2D eigenvalue weighted by molar-refractivity contribution is 7.13. The minimum Gasteiger partial charge on any atom is -0.481 e. The van der Waals surface area contributed by atoms with E-state index in [0.717, 1.165) is 10.6 Å². The number of hydrogen-bond acceptors (Lipinski definition) is 4. The molecule has 0 aliphatic heterocycles. The number of carboxylic acids is 1. The number of aromatic nitrogens is 2. The van der Waals surface area contributed by atoms with Gasteiger partial charge in [-0.05, 0) is 12.1 Å². The summed E-state index contributed by atoms with van der Waals surface area (Å²) in [5, 5.41) is 11.2. The first-order chi connectivity index (χ1) is 7.25. The smallest absolute Gasteiger partial charge is 0.309 e. The van der Waals surface area contributed by atoms with E-state index in [9.17, 15) is 4.79 Å². The second-order valence-corrected chi connectivity index (χ2v) is 3.81. The van der Waals surface area contributed by atoms with Crippen LogP contribution >= 0.6 is 23.7 Å². The molecule has 84 valence electrons. The van der Waals surface area contributed by atoms with Gasteiger partial charge >= 0.3 is 5.97 Å². The number of carboxylic acid groups (broad SMARTS) is 1. The Morgan fingerprint density at radius 1 is 1.38 bits per heavy atom. The maximum atomic E-state index is 10.5. The van der Waals surface area contributed by atoms with Gasteiger partial charge in [-0.3, -0.25) is 9.78 Å². The zero-order chi connectivity index (χ0) is 10.7. The van der Waals surface area contributed by atoms with Crippen molar-refractivity contribution in [3.8, 4) is 10.6 Å². The van der Waals surface area contributed by atoms with E-state index < -0.39 is 5.97 Å². The Kier molecular flexibility index (Phi) is 4.39. The van der Waals surface area contributed by atoms with Crippen molar-refractivity contribution in [2.45, 2.75) is 6.42 Å². The van der Waals surface area contributed by atoms with E-state index in [-0.39, 0.29) is 18.8 Å². The summed E-state index contributed by atoms with van der Waals surface area (Å²) >= 11 is 1.44. The molecule has 0 atom stereocenters. The Hall–Kier alpha value is -1.46. The molecule has 2 heterocycles. The molecule has 0 unspecified atom stereocenters. The van der Waals surface area contributed by atoms with Crippen molar-refractivity contribution in [3.05, 3.63) is 35.6 Å². The van der Waals surface area contributed by atoms with Crippen molar-refractivity contribution in [1.29, 1.82) is 0 Å². The van der Waals surface area contributed by atoms with Crippen LogP contribution in [-0.2, 0) is 11.2 Å². The number of aliphatic carboxylic acids is 1. The quantitative estimate of drug-likeness (QED) is 0.915. The molecule has 0 spiro atoms. The topological polar surface area (TPSA) is 63.1 Å². The van der Waals surface area contributed by atoms with Crippen molar-refractivity contribution < 1.29 is 9.90 Å². The molecule has 0 radical (unpaired) electrons. The lowest BCUT2D eigenvalue weighted by atomic mass is 10.3. The molecule has 4 nitrogen and oxygen atoms in total. The standard InChI is InChI=1S/C10H8N2O2S.ClH/c13-9(14)5-8-6-15-10(12-8)7-1-3-11-4-2-7;/h1-4,6H,5H2,(H,13,14);1H. The number of nitrogens with zero attached hydrogens (tertiary/aromatic N) is 2. The van der Waals surface area contributed by atoms with Crippen LogP contribution in [0, 0.1) is 0 Å². The summed E-state index contributed by atoms with van der Waals surface area (Å²) in [6.07, 6.45) is 3.35. The van der Waals surface area contributed by atoms with Crippen LogP contribution in [0.25, 0.3) is 10.6 Å². The van der Waals surface area contributed by atoms with Crippen LogP contribution in [0.1, 0.15) is 5.69 Å². The van der Waals surface area contributed by atoms with Crippen LogP contribution < -0.4 is 0 Å². The van der Waals surface area contributed by atoms with Gasteiger partial charge in [0.25, 0.3) is 0 Å². The fraction of sp³-hybridized carbons (Fsp3) is 0.100. The second kappa shape index (κ2) is 5.58. The fourth-order valence-electron chi connectivity index (χ4n) is 1.17. The van der Waals surface area contributed by atoms with Crippen LogP contribution in [0.3, 0.4) is 0 Å². The molecule has 2 rings (SSSR count). The Morgan fingerprint density at radius 2 is 2.06 bits per heavy atom. The minimum atomic E-state index is -0.860. The molecular formula is C10H9ClN2O2S. The average molecular weight is 257 g/mol. The summed E-state index contributed by atoms with van der Waals surface area (Å²) in [6, 6.07) is 3.70. The third-order valence-electron chi connectivity index (χ3n) is 1.81. The van der Waals surface area contributed by atoms with E-state index in [1.54, 1.807) is 17.8 Å². The van der Waals surface area contributed by atoms with Crippen LogP contribution in [-0.4, -0.2) is 21.0 Å². The lowest BCUT2D eigenvalue weighted by Gasteiger charge is -1.93. The van der Waals surface area contributed by atoms with Crippen molar-refractivity contribution >= 4 is 29.7 Å². The number of rotatable bonds is 3. The molecule has 0 saturated heterocycles. The highest BCUT2D eigenvalue weighted by atomic mass is 35.5. The Morgan fingerprint density at radius 3 is 2.69 bits per heavy atom. The molecule has 1 N–H and O–H groups in total. The van der Waals surface area contributed by atoms with E-state index in [2.05, 4.69) is 9.97 Å². The van der Waals surface area contributed by atoms with Crippen molar-refractivity contribution in [1.82, 2.24) is 9.97 Å². The first-order valence-corrected chi connectivity index (χ1v) is 5.20. The zero-order valence-electron chi connectivity index (χ0n) is 8.16. The van der Waals surface area contributed by atoms with Gasteiger partial charge in [0.1, 0.15) is 5.01 Å². The van der Waals surface area contributed by atoms with Crippen LogP contribution in [0.4, 0.5) is 0 Å². The molecular weight excluding hydrogens is 248 g/mol. The number of pyridine rings is 1. The molecule has 0 amide bonds. The SMILES string of the molecule is Cl.O=C(O)Cc1csc(-c2ccncc2)n1. The van der Waals surface area contributed by atoms with E-state index in [1.807, 2.05) is 12.1 Å². The van der Waals surface area contributed by atoms with Gasteiger partial charge in [0, 0.05) is 23.3 Å². The average Bonchev–Trinajstić information content (AvgIpc) is 2.67.